The van der Waals surface area contributed by atoms with E-state index in [9.17, 15) is 14.7 Å². The fourth-order valence-electron chi connectivity index (χ4n) is 2.34. The molecule has 2 unspecified atom stereocenters. The highest BCUT2D eigenvalue weighted by Crippen LogP contribution is 2.31. The number of likely N-dealkylation sites (N-methyl/N-ethyl adjacent to an activating group) is 1. The maximum Gasteiger partial charge on any atom is 0.310 e. The number of nitrogens with one attached hydrogen (secondary N) is 1. The number of carbonyl (C=O) groups excluding carboxylic acids is 1. The van der Waals surface area contributed by atoms with Crippen LogP contribution in [0.3, 0.4) is 0 Å². The van der Waals surface area contributed by atoms with E-state index in [-0.39, 0.29) is 24.3 Å². The van der Waals surface area contributed by atoms with E-state index in [2.05, 4.69) is 17.1 Å². The lowest BCUT2D eigenvalue weighted by molar-refractivity contribution is -0.153. The summed E-state index contributed by atoms with van der Waals surface area (Å²) in [6.45, 7) is 11.2. The highest BCUT2D eigenvalue weighted by Gasteiger charge is 2.38. The Kier molecular flexibility index (Phi) is 6.61. The Hall–Kier alpha value is -1.14. The summed E-state index contributed by atoms with van der Waals surface area (Å²) in [5, 5.41) is 12.1. The average Bonchev–Trinajstić information content (AvgIpc) is 2.44. The van der Waals surface area contributed by atoms with E-state index < -0.39 is 11.4 Å². The number of nitrogens with zero attached hydrogens (tertiary/aromatic N) is 1. The molecule has 1 amide bonds. The van der Waals surface area contributed by atoms with Crippen molar-refractivity contribution in [1.29, 1.82) is 0 Å². The number of rotatable bonds is 7. The molecule has 21 heavy (non-hydrogen) atoms. The zero-order chi connectivity index (χ0) is 16.0. The van der Waals surface area contributed by atoms with Gasteiger partial charge >= 0.3 is 5.97 Å². The molecule has 1 heterocycles. The van der Waals surface area contributed by atoms with Gasteiger partial charge in [0, 0.05) is 26.1 Å². The Morgan fingerprint density at radius 3 is 2.67 bits per heavy atom. The molecule has 1 aliphatic rings. The molecule has 0 aromatic heterocycles. The normalized spacial score (nSPS) is 22.8. The number of morpholine rings is 1. The fourth-order valence-corrected chi connectivity index (χ4v) is 2.34. The van der Waals surface area contributed by atoms with Crippen molar-refractivity contribution in [3.63, 3.8) is 0 Å². The molecule has 1 aliphatic heterocycles. The van der Waals surface area contributed by atoms with Crippen molar-refractivity contribution in [3.8, 4) is 0 Å². The number of amides is 1. The smallest absolute Gasteiger partial charge is 0.310 e. The molecule has 0 aromatic carbocycles. The average molecular weight is 300 g/mol. The molecule has 1 saturated heterocycles. The van der Waals surface area contributed by atoms with Crippen LogP contribution in [0.5, 0.6) is 0 Å². The van der Waals surface area contributed by atoms with E-state index in [1.807, 2.05) is 13.8 Å². The second kappa shape index (κ2) is 7.75. The van der Waals surface area contributed by atoms with Gasteiger partial charge < -0.3 is 15.2 Å². The number of hydrogen-bond donors (Lipinski definition) is 2. The predicted octanol–water partition coefficient (Wildman–Crippen LogP) is 0.960. The molecule has 0 aliphatic carbocycles. The van der Waals surface area contributed by atoms with Crippen LogP contribution in [0, 0.1) is 11.3 Å². The molecule has 1 rings (SSSR count). The summed E-state index contributed by atoms with van der Waals surface area (Å²) >= 11 is 0. The van der Waals surface area contributed by atoms with E-state index >= 15 is 0 Å². The van der Waals surface area contributed by atoms with Gasteiger partial charge in [-0.1, -0.05) is 20.8 Å². The van der Waals surface area contributed by atoms with Crippen LogP contribution < -0.4 is 5.32 Å². The van der Waals surface area contributed by atoms with Gasteiger partial charge in [-0.25, -0.2) is 0 Å². The maximum atomic E-state index is 12.0. The van der Waals surface area contributed by atoms with Crippen molar-refractivity contribution < 1.29 is 19.4 Å². The van der Waals surface area contributed by atoms with Gasteiger partial charge in [0.2, 0.25) is 5.91 Å². The monoisotopic (exact) mass is 300 g/mol. The molecule has 1 fully saturated rings. The number of aliphatic carboxylic acids is 1. The first-order valence-electron chi connectivity index (χ1n) is 7.63. The van der Waals surface area contributed by atoms with Crippen molar-refractivity contribution in [3.05, 3.63) is 0 Å². The molecule has 6 heteroatoms. The molecule has 2 atom stereocenters. The van der Waals surface area contributed by atoms with E-state index in [1.54, 1.807) is 6.92 Å². The number of carbonyl (C=O) groups is 2. The van der Waals surface area contributed by atoms with Crippen LogP contribution in [0.4, 0.5) is 0 Å². The molecule has 6 nitrogen and oxygen atoms in total. The molecule has 0 radical (unpaired) electrons. The molecule has 0 bridgehead atoms. The summed E-state index contributed by atoms with van der Waals surface area (Å²) in [5.41, 5.74) is -1.03. The van der Waals surface area contributed by atoms with E-state index in [0.29, 0.717) is 13.2 Å². The molecule has 0 spiro atoms. The first kappa shape index (κ1) is 17.9. The second-order valence-corrected chi connectivity index (χ2v) is 6.24. The topological polar surface area (TPSA) is 78.9 Å². The standard InChI is InChI=1S/C15H28N2O4/c1-5-17-6-7-21-12(10-17)9-16-13(18)8-15(4,11(2)3)14(19)20/h11-12H,5-10H2,1-4H3,(H,16,18)(H,19,20). The van der Waals surface area contributed by atoms with Gasteiger partial charge in [-0.15, -0.1) is 0 Å². The SMILES string of the molecule is CCN1CCOC(CNC(=O)CC(C)(C(=O)O)C(C)C)C1. The predicted molar refractivity (Wildman–Crippen MR) is 80.1 cm³/mol. The van der Waals surface area contributed by atoms with Crippen molar-refractivity contribution in [2.24, 2.45) is 11.3 Å². The molecular formula is C15H28N2O4. The number of carboxylic acids is 1. The first-order chi connectivity index (χ1) is 9.79. The zero-order valence-electron chi connectivity index (χ0n) is 13.5. The summed E-state index contributed by atoms with van der Waals surface area (Å²) in [5.74, 6) is -1.27. The van der Waals surface area contributed by atoms with E-state index in [1.165, 1.54) is 0 Å². The summed E-state index contributed by atoms with van der Waals surface area (Å²) < 4.78 is 5.61. The van der Waals surface area contributed by atoms with Gasteiger partial charge in [0.15, 0.2) is 0 Å². The summed E-state index contributed by atoms with van der Waals surface area (Å²) in [7, 11) is 0. The Bertz CT molecular complexity index is 373. The third-order valence-corrected chi connectivity index (χ3v) is 4.49. The van der Waals surface area contributed by atoms with Crippen molar-refractivity contribution in [2.45, 2.75) is 40.2 Å². The minimum Gasteiger partial charge on any atom is -0.481 e. The van der Waals surface area contributed by atoms with E-state index in [4.69, 9.17) is 4.74 Å². The molecule has 0 saturated carbocycles. The lowest BCUT2D eigenvalue weighted by Crippen LogP contribution is -2.48. The maximum absolute atomic E-state index is 12.0. The third kappa shape index (κ3) is 4.97. The lowest BCUT2D eigenvalue weighted by atomic mass is 9.76. The summed E-state index contributed by atoms with van der Waals surface area (Å²) in [4.78, 5) is 25.7. The number of hydrogen-bond acceptors (Lipinski definition) is 4. The van der Waals surface area contributed by atoms with Crippen LogP contribution in [0.1, 0.15) is 34.1 Å². The van der Waals surface area contributed by atoms with Crippen LogP contribution in [-0.2, 0) is 14.3 Å². The quantitative estimate of drug-likeness (QED) is 0.732. The van der Waals surface area contributed by atoms with Crippen molar-refractivity contribution in [1.82, 2.24) is 10.2 Å². The molecule has 122 valence electrons. The molecular weight excluding hydrogens is 272 g/mol. The highest BCUT2D eigenvalue weighted by molar-refractivity contribution is 5.84. The van der Waals surface area contributed by atoms with Gasteiger partial charge in [-0.05, 0) is 19.4 Å². The van der Waals surface area contributed by atoms with Crippen molar-refractivity contribution >= 4 is 11.9 Å². The second-order valence-electron chi connectivity index (χ2n) is 6.24. The van der Waals surface area contributed by atoms with Crippen LogP contribution >= 0.6 is 0 Å². The van der Waals surface area contributed by atoms with E-state index in [0.717, 1.165) is 19.6 Å². The molecule has 2 N–H and O–H groups in total. The Morgan fingerprint density at radius 2 is 2.14 bits per heavy atom. The van der Waals surface area contributed by atoms with Crippen molar-refractivity contribution in [2.75, 3.05) is 32.8 Å². The zero-order valence-corrected chi connectivity index (χ0v) is 13.5. The summed E-state index contributed by atoms with van der Waals surface area (Å²) in [6.07, 6.45) is -0.0257. The Morgan fingerprint density at radius 1 is 1.48 bits per heavy atom. The lowest BCUT2D eigenvalue weighted by Gasteiger charge is -2.32. The van der Waals surface area contributed by atoms with Gasteiger partial charge in [-0.3, -0.25) is 14.5 Å². The summed E-state index contributed by atoms with van der Waals surface area (Å²) in [6, 6.07) is 0. The largest absolute Gasteiger partial charge is 0.481 e. The van der Waals surface area contributed by atoms with Gasteiger partial charge in [0.25, 0.3) is 0 Å². The first-order valence-corrected chi connectivity index (χ1v) is 7.63. The fraction of sp³-hybridized carbons (Fsp3) is 0.867. The van der Waals surface area contributed by atoms with Gasteiger partial charge in [0.1, 0.15) is 0 Å². The molecule has 0 aromatic rings. The van der Waals surface area contributed by atoms with Crippen LogP contribution in [-0.4, -0.2) is 60.8 Å². The van der Waals surface area contributed by atoms with Crippen LogP contribution in [0.25, 0.3) is 0 Å². The minimum atomic E-state index is -1.03. The van der Waals surface area contributed by atoms with Crippen LogP contribution in [0.15, 0.2) is 0 Å². The minimum absolute atomic E-state index is 0.00971. The Balaban J connectivity index is 2.45. The third-order valence-electron chi connectivity index (χ3n) is 4.49. The number of carboxylic acid groups (broad SMARTS) is 1. The Labute approximate surface area is 126 Å². The van der Waals surface area contributed by atoms with Gasteiger partial charge in [0.05, 0.1) is 18.1 Å². The highest BCUT2D eigenvalue weighted by atomic mass is 16.5. The van der Waals surface area contributed by atoms with Crippen LogP contribution in [0.2, 0.25) is 0 Å². The van der Waals surface area contributed by atoms with Gasteiger partial charge in [-0.2, -0.15) is 0 Å². The number of ether oxygens (including phenoxy) is 1.